The molecule has 0 fully saturated rings. The molecule has 0 aliphatic rings. The van der Waals surface area contributed by atoms with Crippen molar-refractivity contribution in [2.75, 3.05) is 0 Å². The summed E-state index contributed by atoms with van der Waals surface area (Å²) in [5, 5.41) is 3.18. The SMILES string of the molecule is CC(=CNCc1ccc(Br)cc1)C(=O)c1ccc(C)cc1. The van der Waals surface area contributed by atoms with E-state index in [4.69, 9.17) is 0 Å². The van der Waals surface area contributed by atoms with Crippen molar-refractivity contribution in [2.24, 2.45) is 0 Å². The van der Waals surface area contributed by atoms with Crippen LogP contribution in [-0.2, 0) is 6.54 Å². The lowest BCUT2D eigenvalue weighted by Gasteiger charge is -2.05. The van der Waals surface area contributed by atoms with Crippen molar-refractivity contribution >= 4 is 21.7 Å². The number of hydrogen-bond acceptors (Lipinski definition) is 2. The first-order valence-electron chi connectivity index (χ1n) is 6.82. The number of benzene rings is 2. The predicted octanol–water partition coefficient (Wildman–Crippen LogP) is 4.63. The van der Waals surface area contributed by atoms with Crippen molar-refractivity contribution in [2.45, 2.75) is 20.4 Å². The first-order valence-corrected chi connectivity index (χ1v) is 7.61. The van der Waals surface area contributed by atoms with Crippen molar-refractivity contribution in [3.63, 3.8) is 0 Å². The van der Waals surface area contributed by atoms with Crippen molar-refractivity contribution in [1.29, 1.82) is 0 Å². The van der Waals surface area contributed by atoms with Crippen molar-refractivity contribution in [3.05, 3.63) is 81.5 Å². The Kier molecular flexibility index (Phi) is 5.34. The van der Waals surface area contributed by atoms with Crippen LogP contribution in [0.2, 0.25) is 0 Å². The Morgan fingerprint density at radius 3 is 2.33 bits per heavy atom. The summed E-state index contributed by atoms with van der Waals surface area (Å²) in [6.07, 6.45) is 1.78. The zero-order valence-corrected chi connectivity index (χ0v) is 13.8. The molecule has 0 aromatic heterocycles. The fourth-order valence-electron chi connectivity index (χ4n) is 1.92. The number of aryl methyl sites for hydroxylation is 1. The van der Waals surface area contributed by atoms with Gasteiger partial charge in [0.15, 0.2) is 5.78 Å². The van der Waals surface area contributed by atoms with E-state index in [0.717, 1.165) is 15.6 Å². The maximum absolute atomic E-state index is 12.2. The third-order valence-electron chi connectivity index (χ3n) is 3.21. The fraction of sp³-hybridized carbons (Fsp3) is 0.167. The van der Waals surface area contributed by atoms with Gasteiger partial charge in [-0.3, -0.25) is 4.79 Å². The summed E-state index contributed by atoms with van der Waals surface area (Å²) >= 11 is 3.41. The first-order chi connectivity index (χ1) is 10.1. The van der Waals surface area contributed by atoms with Crippen LogP contribution in [0.5, 0.6) is 0 Å². The van der Waals surface area contributed by atoms with Gasteiger partial charge in [0, 0.05) is 28.4 Å². The molecule has 0 atom stereocenters. The summed E-state index contributed by atoms with van der Waals surface area (Å²) in [6.45, 7) is 4.54. The normalized spacial score (nSPS) is 11.3. The average Bonchev–Trinajstić information content (AvgIpc) is 2.49. The van der Waals surface area contributed by atoms with E-state index in [9.17, 15) is 4.79 Å². The third-order valence-corrected chi connectivity index (χ3v) is 3.74. The van der Waals surface area contributed by atoms with E-state index in [2.05, 4.69) is 21.2 Å². The molecule has 0 heterocycles. The van der Waals surface area contributed by atoms with Gasteiger partial charge < -0.3 is 5.32 Å². The maximum Gasteiger partial charge on any atom is 0.190 e. The number of Topliss-reactive ketones (excluding diaryl/α,β-unsaturated/α-hetero) is 1. The number of carbonyl (C=O) groups excluding carboxylic acids is 1. The Bertz CT molecular complexity index is 642. The zero-order chi connectivity index (χ0) is 15.2. The molecule has 0 spiro atoms. The second kappa shape index (κ2) is 7.23. The van der Waals surface area contributed by atoms with Gasteiger partial charge in [0.25, 0.3) is 0 Å². The van der Waals surface area contributed by atoms with E-state index >= 15 is 0 Å². The van der Waals surface area contributed by atoms with E-state index in [1.165, 1.54) is 5.56 Å². The lowest BCUT2D eigenvalue weighted by Crippen LogP contribution is -2.09. The summed E-state index contributed by atoms with van der Waals surface area (Å²) in [7, 11) is 0. The van der Waals surface area contributed by atoms with Gasteiger partial charge >= 0.3 is 0 Å². The lowest BCUT2D eigenvalue weighted by atomic mass is 10.0. The number of ketones is 1. The molecule has 0 saturated carbocycles. The number of rotatable bonds is 5. The van der Waals surface area contributed by atoms with Crippen molar-refractivity contribution in [3.8, 4) is 0 Å². The number of halogens is 1. The Morgan fingerprint density at radius 1 is 1.10 bits per heavy atom. The largest absolute Gasteiger partial charge is 0.386 e. The van der Waals surface area contributed by atoms with Gasteiger partial charge in [0.05, 0.1) is 0 Å². The summed E-state index contributed by atoms with van der Waals surface area (Å²) in [6, 6.07) is 15.7. The van der Waals surface area contributed by atoms with Crippen LogP contribution in [0.1, 0.15) is 28.4 Å². The van der Waals surface area contributed by atoms with E-state index in [-0.39, 0.29) is 5.78 Å². The van der Waals surface area contributed by atoms with Gasteiger partial charge in [-0.15, -0.1) is 0 Å². The molecule has 1 N–H and O–H groups in total. The van der Waals surface area contributed by atoms with E-state index < -0.39 is 0 Å². The monoisotopic (exact) mass is 343 g/mol. The van der Waals surface area contributed by atoms with Crippen LogP contribution in [-0.4, -0.2) is 5.78 Å². The minimum absolute atomic E-state index is 0.0540. The highest BCUT2D eigenvalue weighted by Crippen LogP contribution is 2.11. The van der Waals surface area contributed by atoms with Gasteiger partial charge in [-0.2, -0.15) is 0 Å². The van der Waals surface area contributed by atoms with Crippen LogP contribution in [0.15, 0.2) is 64.8 Å². The second-order valence-electron chi connectivity index (χ2n) is 5.03. The third kappa shape index (κ3) is 4.57. The second-order valence-corrected chi connectivity index (χ2v) is 5.95. The summed E-state index contributed by atoms with van der Waals surface area (Å²) in [5.41, 5.74) is 3.75. The highest BCUT2D eigenvalue weighted by Gasteiger charge is 2.07. The molecule has 2 aromatic carbocycles. The molecule has 2 aromatic rings. The molecule has 2 rings (SSSR count). The predicted molar refractivity (Wildman–Crippen MR) is 90.2 cm³/mol. The number of allylic oxidation sites excluding steroid dienone is 1. The average molecular weight is 344 g/mol. The molecule has 0 aliphatic carbocycles. The van der Waals surface area contributed by atoms with Crippen molar-refractivity contribution < 1.29 is 4.79 Å². The van der Waals surface area contributed by atoms with Crippen LogP contribution >= 0.6 is 15.9 Å². The number of hydrogen-bond donors (Lipinski definition) is 1. The lowest BCUT2D eigenvalue weighted by molar-refractivity contribution is 0.103. The molecule has 21 heavy (non-hydrogen) atoms. The van der Waals surface area contributed by atoms with Gasteiger partial charge in [-0.25, -0.2) is 0 Å². The Labute approximate surface area is 134 Å². The van der Waals surface area contributed by atoms with Crippen LogP contribution in [0.4, 0.5) is 0 Å². The van der Waals surface area contributed by atoms with Crippen LogP contribution in [0.3, 0.4) is 0 Å². The standard InChI is InChI=1S/C18H18BrNO/c1-13-3-7-16(8-4-13)18(21)14(2)11-20-12-15-5-9-17(19)10-6-15/h3-11,20H,12H2,1-2H3. The highest BCUT2D eigenvalue weighted by atomic mass is 79.9. The molecule has 0 aliphatic heterocycles. The summed E-state index contributed by atoms with van der Waals surface area (Å²) in [5.74, 6) is 0.0540. The molecule has 0 radical (unpaired) electrons. The first kappa shape index (κ1) is 15.5. The number of carbonyl (C=O) groups is 1. The quantitative estimate of drug-likeness (QED) is 0.633. The molecule has 0 saturated heterocycles. The molecule has 108 valence electrons. The highest BCUT2D eigenvalue weighted by molar-refractivity contribution is 9.10. The smallest absolute Gasteiger partial charge is 0.190 e. The Balaban J connectivity index is 1.95. The van der Waals surface area contributed by atoms with E-state index in [1.54, 1.807) is 6.20 Å². The fourth-order valence-corrected chi connectivity index (χ4v) is 2.19. The minimum atomic E-state index is 0.0540. The Hall–Kier alpha value is -1.87. The maximum atomic E-state index is 12.2. The van der Waals surface area contributed by atoms with Crippen LogP contribution in [0.25, 0.3) is 0 Å². The molecule has 0 amide bonds. The number of nitrogens with one attached hydrogen (secondary N) is 1. The van der Waals surface area contributed by atoms with Gasteiger partial charge in [0.2, 0.25) is 0 Å². The van der Waals surface area contributed by atoms with Crippen LogP contribution < -0.4 is 5.32 Å². The van der Waals surface area contributed by atoms with Gasteiger partial charge in [-0.05, 0) is 31.5 Å². The van der Waals surface area contributed by atoms with Gasteiger partial charge in [-0.1, -0.05) is 57.9 Å². The minimum Gasteiger partial charge on any atom is -0.386 e. The summed E-state index contributed by atoms with van der Waals surface area (Å²) in [4.78, 5) is 12.2. The molecule has 2 nitrogen and oxygen atoms in total. The van der Waals surface area contributed by atoms with Gasteiger partial charge in [0.1, 0.15) is 0 Å². The molecular weight excluding hydrogens is 326 g/mol. The molecule has 3 heteroatoms. The van der Waals surface area contributed by atoms with E-state index in [0.29, 0.717) is 12.1 Å². The topological polar surface area (TPSA) is 29.1 Å². The van der Waals surface area contributed by atoms with Crippen molar-refractivity contribution in [1.82, 2.24) is 5.32 Å². The molecule has 0 bridgehead atoms. The Morgan fingerprint density at radius 2 is 1.71 bits per heavy atom. The summed E-state index contributed by atoms with van der Waals surface area (Å²) < 4.78 is 1.06. The van der Waals surface area contributed by atoms with Crippen LogP contribution in [0, 0.1) is 6.92 Å². The molecule has 0 unspecified atom stereocenters. The zero-order valence-electron chi connectivity index (χ0n) is 12.2. The van der Waals surface area contributed by atoms with E-state index in [1.807, 2.05) is 62.4 Å². The molecular formula is C18H18BrNO.